The van der Waals surface area contributed by atoms with Gasteiger partial charge in [0.2, 0.25) is 11.8 Å². The number of piperidine rings is 1. The lowest BCUT2D eigenvalue weighted by molar-refractivity contribution is -0.139. The van der Waals surface area contributed by atoms with Gasteiger partial charge in [-0.15, -0.1) is 0 Å². The van der Waals surface area contributed by atoms with Gasteiger partial charge in [0.1, 0.15) is 6.04 Å². The van der Waals surface area contributed by atoms with Gasteiger partial charge in [-0.1, -0.05) is 74.0 Å². The van der Waals surface area contributed by atoms with Gasteiger partial charge in [0.05, 0.1) is 0 Å². The highest BCUT2D eigenvalue weighted by molar-refractivity contribution is 6.30. The number of piperazine rings is 1. The van der Waals surface area contributed by atoms with Gasteiger partial charge in [-0.05, 0) is 70.3 Å². The Morgan fingerprint density at radius 1 is 1.09 bits per heavy atom. The highest BCUT2D eigenvalue weighted by Crippen LogP contribution is 2.34. The van der Waals surface area contributed by atoms with E-state index in [-0.39, 0.29) is 23.4 Å². The molecule has 0 saturated carbocycles. The minimum atomic E-state index is -0.595. The molecule has 2 fully saturated rings. The van der Waals surface area contributed by atoms with E-state index in [1.54, 1.807) is 12.2 Å². The molecule has 2 amide bonds. The average Bonchev–Trinajstić information content (AvgIpc) is 3.29. The first kappa shape index (κ1) is 35.0. The van der Waals surface area contributed by atoms with E-state index in [4.69, 9.17) is 11.6 Å². The average molecular weight is 612 g/mol. The quantitative estimate of drug-likeness (QED) is 0.285. The molecule has 3 heterocycles. The van der Waals surface area contributed by atoms with Crippen LogP contribution in [0.1, 0.15) is 58.9 Å². The van der Waals surface area contributed by atoms with Crippen LogP contribution in [0.4, 0.5) is 0 Å². The third-order valence-electron chi connectivity index (χ3n) is 9.15. The summed E-state index contributed by atoms with van der Waals surface area (Å²) in [6.07, 6.45) is 7.70. The van der Waals surface area contributed by atoms with Crippen LogP contribution in [0.25, 0.3) is 0 Å². The number of nitrogens with one attached hydrogen (secondary N) is 2. The zero-order valence-electron chi connectivity index (χ0n) is 27.1. The molecule has 0 bridgehead atoms. The molecular formula is C35H54ClN5O2. The number of hydrogen-bond acceptors (Lipinski definition) is 5. The molecule has 3 aliphatic heterocycles. The number of likely N-dealkylation sites (N-methyl/N-ethyl adjacent to an activating group) is 1. The normalized spacial score (nSPS) is 23.9. The predicted molar refractivity (Wildman–Crippen MR) is 179 cm³/mol. The summed E-state index contributed by atoms with van der Waals surface area (Å²) >= 11 is 6.10. The van der Waals surface area contributed by atoms with Crippen molar-refractivity contribution in [2.24, 2.45) is 5.92 Å². The van der Waals surface area contributed by atoms with Crippen LogP contribution < -0.4 is 10.6 Å². The van der Waals surface area contributed by atoms with Gasteiger partial charge >= 0.3 is 0 Å². The summed E-state index contributed by atoms with van der Waals surface area (Å²) < 4.78 is 0. The molecule has 2 saturated heterocycles. The molecule has 1 aromatic rings. The molecule has 0 aromatic heterocycles. The van der Waals surface area contributed by atoms with Gasteiger partial charge in [-0.2, -0.15) is 0 Å². The smallest absolute Gasteiger partial charge is 0.245 e. The molecule has 3 aliphatic rings. The Morgan fingerprint density at radius 2 is 1.74 bits per heavy atom. The van der Waals surface area contributed by atoms with Crippen LogP contribution in [0, 0.1) is 5.92 Å². The molecule has 7 nitrogen and oxygen atoms in total. The summed E-state index contributed by atoms with van der Waals surface area (Å²) in [7, 11) is 2.23. The van der Waals surface area contributed by atoms with Crippen LogP contribution in [-0.2, 0) is 16.0 Å². The number of carbonyl (C=O) groups is 2. The number of nitrogens with zero attached hydrogens (tertiary/aromatic N) is 3. The Hall–Kier alpha value is -2.45. The standard InChI is InChI=1S/C31H48ClN5O2.C4H6/c1-22(2)19-31(11-6-12-35(5)21-31)37-15-13-36(14-16-37)30(39)28(17-25-7-9-26(32)10-8-25)34-29(38)18-27-24(4)23(3)20-33-27;1-3-4-2/h7-10,22,27-28,33H,6,11-21H2,1-5H3,(H,34,38);3-4H,1-2H2. The number of hydrogen-bond donors (Lipinski definition) is 2. The van der Waals surface area contributed by atoms with Crippen molar-refractivity contribution in [3.8, 4) is 0 Å². The maximum atomic E-state index is 13.9. The van der Waals surface area contributed by atoms with Crippen molar-refractivity contribution in [2.45, 2.75) is 77.4 Å². The first-order valence-electron chi connectivity index (χ1n) is 15.9. The number of rotatable bonds is 10. The van der Waals surface area contributed by atoms with Crippen molar-refractivity contribution < 1.29 is 9.59 Å². The molecule has 0 spiro atoms. The number of carbonyl (C=O) groups excluding carboxylic acids is 2. The van der Waals surface area contributed by atoms with Crippen LogP contribution in [0.5, 0.6) is 0 Å². The van der Waals surface area contributed by atoms with E-state index in [1.165, 1.54) is 30.4 Å². The minimum absolute atomic E-state index is 0.0134. The fourth-order valence-corrected chi connectivity index (χ4v) is 6.99. The maximum absolute atomic E-state index is 13.9. The Balaban J connectivity index is 0.00000119. The van der Waals surface area contributed by atoms with Crippen molar-refractivity contribution in [1.82, 2.24) is 25.3 Å². The highest BCUT2D eigenvalue weighted by Gasteiger charge is 2.42. The maximum Gasteiger partial charge on any atom is 0.245 e. The van der Waals surface area contributed by atoms with E-state index in [9.17, 15) is 9.59 Å². The van der Waals surface area contributed by atoms with Crippen molar-refractivity contribution >= 4 is 23.4 Å². The van der Waals surface area contributed by atoms with Gasteiger partial charge in [-0.3, -0.25) is 14.5 Å². The Morgan fingerprint density at radius 3 is 2.28 bits per heavy atom. The highest BCUT2D eigenvalue weighted by atomic mass is 35.5. The van der Waals surface area contributed by atoms with Crippen LogP contribution >= 0.6 is 11.6 Å². The topological polar surface area (TPSA) is 67.9 Å². The number of halogens is 1. The van der Waals surface area contributed by atoms with Gasteiger partial charge < -0.3 is 20.4 Å². The zero-order chi connectivity index (χ0) is 31.6. The van der Waals surface area contributed by atoms with E-state index >= 15 is 0 Å². The molecule has 43 heavy (non-hydrogen) atoms. The zero-order valence-corrected chi connectivity index (χ0v) is 27.9. The van der Waals surface area contributed by atoms with Crippen LogP contribution in [0.3, 0.4) is 0 Å². The monoisotopic (exact) mass is 611 g/mol. The summed E-state index contributed by atoms with van der Waals surface area (Å²) in [6.45, 7) is 21.8. The summed E-state index contributed by atoms with van der Waals surface area (Å²) in [6, 6.07) is 7.00. The lowest BCUT2D eigenvalue weighted by atomic mass is 9.80. The lowest BCUT2D eigenvalue weighted by Crippen LogP contribution is -2.64. The fraction of sp³-hybridized carbons (Fsp3) is 0.600. The molecule has 1 aromatic carbocycles. The van der Waals surface area contributed by atoms with Crippen LogP contribution in [0.15, 0.2) is 60.7 Å². The van der Waals surface area contributed by atoms with E-state index < -0.39 is 6.04 Å². The van der Waals surface area contributed by atoms with Crippen LogP contribution in [-0.4, -0.2) is 97.0 Å². The summed E-state index contributed by atoms with van der Waals surface area (Å²) in [5, 5.41) is 7.18. The SMILES string of the molecule is C=CC=C.CC1=C(C)C(CC(=O)NC(Cc2ccc(Cl)cc2)C(=O)N2CCN(C3(CC(C)C)CCCN(C)C3)CC2)NC1. The summed E-state index contributed by atoms with van der Waals surface area (Å²) in [5.41, 5.74) is 3.69. The number of amides is 2. The van der Waals surface area contributed by atoms with E-state index in [1.807, 2.05) is 29.2 Å². The predicted octanol–water partition coefficient (Wildman–Crippen LogP) is 5.08. The Bertz CT molecular complexity index is 1120. The third-order valence-corrected chi connectivity index (χ3v) is 9.40. The fourth-order valence-electron chi connectivity index (χ4n) is 6.86. The van der Waals surface area contributed by atoms with Crippen molar-refractivity contribution in [3.05, 3.63) is 71.3 Å². The summed E-state index contributed by atoms with van der Waals surface area (Å²) in [4.78, 5) is 34.1. The van der Waals surface area contributed by atoms with E-state index in [0.29, 0.717) is 36.9 Å². The molecule has 238 valence electrons. The number of allylic oxidation sites excluding steroid dienone is 2. The first-order valence-corrected chi connectivity index (χ1v) is 16.2. The number of likely N-dealkylation sites (tertiary alicyclic amines) is 1. The number of benzene rings is 1. The van der Waals surface area contributed by atoms with Crippen molar-refractivity contribution in [3.63, 3.8) is 0 Å². The lowest BCUT2D eigenvalue weighted by Gasteiger charge is -2.52. The largest absolute Gasteiger partial charge is 0.344 e. The van der Waals surface area contributed by atoms with Crippen LogP contribution in [0.2, 0.25) is 5.02 Å². The second-order valence-electron chi connectivity index (χ2n) is 13.0. The molecule has 0 aliphatic carbocycles. The molecule has 3 atom stereocenters. The molecule has 4 rings (SSSR count). The molecule has 3 unspecified atom stereocenters. The Kier molecular flexibility index (Phi) is 13.5. The van der Waals surface area contributed by atoms with E-state index in [0.717, 1.165) is 38.3 Å². The van der Waals surface area contributed by atoms with Gasteiger partial charge in [0.25, 0.3) is 0 Å². The minimum Gasteiger partial charge on any atom is -0.344 e. The molecule has 8 heteroatoms. The van der Waals surface area contributed by atoms with Gasteiger partial charge in [0, 0.05) is 68.7 Å². The first-order chi connectivity index (χ1) is 20.5. The van der Waals surface area contributed by atoms with Gasteiger partial charge in [-0.25, -0.2) is 0 Å². The third kappa shape index (κ3) is 10.0. The Labute approximate surface area is 265 Å². The molecule has 0 radical (unpaired) electrons. The second-order valence-corrected chi connectivity index (χ2v) is 13.4. The summed E-state index contributed by atoms with van der Waals surface area (Å²) in [5.74, 6) is 0.555. The molecular weight excluding hydrogens is 558 g/mol. The van der Waals surface area contributed by atoms with E-state index in [2.05, 4.69) is 68.3 Å². The molecule has 2 N–H and O–H groups in total. The van der Waals surface area contributed by atoms with Gasteiger partial charge in [0.15, 0.2) is 0 Å². The van der Waals surface area contributed by atoms with Crippen molar-refractivity contribution in [2.75, 3.05) is 52.9 Å². The van der Waals surface area contributed by atoms with Crippen molar-refractivity contribution in [1.29, 1.82) is 0 Å². The second kappa shape index (κ2) is 16.6.